The fourth-order valence-corrected chi connectivity index (χ4v) is 2.65. The minimum atomic E-state index is -0.851. The number of rotatable bonds is 6. The van der Waals surface area contributed by atoms with Crippen molar-refractivity contribution < 1.29 is 9.90 Å². The maximum atomic E-state index is 10.9. The third-order valence-corrected chi connectivity index (χ3v) is 3.86. The molecule has 0 aliphatic rings. The van der Waals surface area contributed by atoms with Crippen LogP contribution in [-0.4, -0.2) is 37.5 Å². The third-order valence-electron chi connectivity index (χ3n) is 3.07. The number of hydrogen-bond acceptors (Lipinski definition) is 5. The largest absolute Gasteiger partial charge is 0.481 e. The highest BCUT2D eigenvalue weighted by Gasteiger charge is 2.20. The van der Waals surface area contributed by atoms with Gasteiger partial charge in [0.2, 0.25) is 0 Å². The molecule has 1 N–H and O–H groups in total. The Morgan fingerprint density at radius 2 is 2.20 bits per heavy atom. The van der Waals surface area contributed by atoms with Gasteiger partial charge in [-0.2, -0.15) is 0 Å². The molecule has 7 heteroatoms. The first-order chi connectivity index (χ1) is 9.67. The number of tetrazole rings is 1. The fourth-order valence-electron chi connectivity index (χ4n) is 2.05. The van der Waals surface area contributed by atoms with Gasteiger partial charge in [-0.15, -0.1) is 16.9 Å². The van der Waals surface area contributed by atoms with Gasteiger partial charge in [-0.1, -0.05) is 19.1 Å². The molecule has 20 heavy (non-hydrogen) atoms. The lowest BCUT2D eigenvalue weighted by atomic mass is 10.1. The molecule has 0 fully saturated rings. The van der Waals surface area contributed by atoms with E-state index in [4.69, 9.17) is 5.11 Å². The molecule has 0 saturated carbocycles. The average molecular weight is 292 g/mol. The predicted octanol–water partition coefficient (Wildman–Crippen LogP) is 2.49. The molecule has 0 radical (unpaired) electrons. The molecule has 1 unspecified atom stereocenters. The zero-order valence-corrected chi connectivity index (χ0v) is 12.2. The molecular formula is C13H16N4O2S. The molecule has 1 aromatic carbocycles. The Balaban J connectivity index is 2.44. The monoisotopic (exact) mass is 292 g/mol. The van der Waals surface area contributed by atoms with Crippen molar-refractivity contribution in [2.75, 3.05) is 6.26 Å². The molecule has 0 saturated heterocycles. The van der Waals surface area contributed by atoms with E-state index < -0.39 is 5.97 Å². The number of carboxylic acid groups (broad SMARTS) is 1. The molecule has 1 aromatic heterocycles. The summed E-state index contributed by atoms with van der Waals surface area (Å²) < 4.78 is 1.61. The summed E-state index contributed by atoms with van der Waals surface area (Å²) in [6.07, 6.45) is 2.66. The summed E-state index contributed by atoms with van der Waals surface area (Å²) in [5.74, 6) is -0.237. The van der Waals surface area contributed by atoms with Gasteiger partial charge in [0.25, 0.3) is 0 Å². The van der Waals surface area contributed by atoms with Gasteiger partial charge in [-0.3, -0.25) is 4.79 Å². The number of carboxylic acids is 1. The van der Waals surface area contributed by atoms with Gasteiger partial charge in [0.05, 0.1) is 12.5 Å². The van der Waals surface area contributed by atoms with Crippen molar-refractivity contribution in [2.24, 2.45) is 0 Å². The van der Waals surface area contributed by atoms with Crippen LogP contribution in [0.1, 0.15) is 25.8 Å². The number of hydrogen-bond donors (Lipinski definition) is 1. The molecule has 0 spiro atoms. The Morgan fingerprint density at radius 1 is 1.45 bits per heavy atom. The van der Waals surface area contributed by atoms with Gasteiger partial charge >= 0.3 is 5.97 Å². The standard InChI is InChI=1S/C13H16N4O2S/c1-3-9(8-12(18)19)17-13(14-15-16-17)10-6-4-5-7-11(10)20-2/h4-7,9H,3,8H2,1-2H3,(H,18,19). The van der Waals surface area contributed by atoms with E-state index in [9.17, 15) is 4.79 Å². The quantitative estimate of drug-likeness (QED) is 0.824. The third kappa shape index (κ3) is 2.98. The second-order valence-corrected chi connectivity index (χ2v) is 5.16. The first kappa shape index (κ1) is 14.5. The molecule has 0 aliphatic heterocycles. The van der Waals surface area contributed by atoms with Gasteiger partial charge in [-0.05, 0) is 35.2 Å². The molecule has 2 rings (SSSR count). The molecule has 0 bridgehead atoms. The predicted molar refractivity (Wildman–Crippen MR) is 76.6 cm³/mol. The van der Waals surface area contributed by atoms with Crippen LogP contribution in [0, 0.1) is 0 Å². The summed E-state index contributed by atoms with van der Waals surface area (Å²) in [6.45, 7) is 1.93. The van der Waals surface area contributed by atoms with Crippen LogP contribution in [0.4, 0.5) is 0 Å². The SMILES string of the molecule is CCC(CC(=O)O)n1nnnc1-c1ccccc1SC. The van der Waals surface area contributed by atoms with E-state index in [1.54, 1.807) is 16.4 Å². The highest BCUT2D eigenvalue weighted by atomic mass is 32.2. The smallest absolute Gasteiger partial charge is 0.305 e. The summed E-state index contributed by atoms with van der Waals surface area (Å²) in [5, 5.41) is 20.7. The van der Waals surface area contributed by atoms with Crippen molar-refractivity contribution in [3.63, 3.8) is 0 Å². The zero-order chi connectivity index (χ0) is 14.5. The minimum Gasteiger partial charge on any atom is -0.481 e. The minimum absolute atomic E-state index is 0.00990. The molecule has 106 valence electrons. The number of thioether (sulfide) groups is 1. The Morgan fingerprint density at radius 3 is 2.85 bits per heavy atom. The molecule has 0 aliphatic carbocycles. The lowest BCUT2D eigenvalue weighted by Gasteiger charge is -2.15. The van der Waals surface area contributed by atoms with Crippen LogP contribution in [0.5, 0.6) is 0 Å². The Kier molecular flexibility index (Phi) is 4.73. The lowest BCUT2D eigenvalue weighted by Crippen LogP contribution is -2.15. The molecule has 0 amide bonds. The average Bonchev–Trinajstić information content (AvgIpc) is 2.93. The van der Waals surface area contributed by atoms with Gasteiger partial charge < -0.3 is 5.11 Å². The summed E-state index contributed by atoms with van der Waals surface area (Å²) in [5.41, 5.74) is 0.925. The van der Waals surface area contributed by atoms with Crippen LogP contribution in [0.15, 0.2) is 29.2 Å². The number of nitrogens with zero attached hydrogens (tertiary/aromatic N) is 4. The Bertz CT molecular complexity index is 600. The van der Waals surface area contributed by atoms with Crippen LogP contribution in [0.25, 0.3) is 11.4 Å². The van der Waals surface area contributed by atoms with E-state index in [0.717, 1.165) is 10.5 Å². The van der Waals surface area contributed by atoms with Crippen molar-refractivity contribution in [2.45, 2.75) is 30.7 Å². The summed E-state index contributed by atoms with van der Waals surface area (Å²) in [4.78, 5) is 12.0. The number of carbonyl (C=O) groups is 1. The van der Waals surface area contributed by atoms with Crippen molar-refractivity contribution in [3.05, 3.63) is 24.3 Å². The molecule has 2 aromatic rings. The van der Waals surface area contributed by atoms with Gasteiger partial charge in [0.15, 0.2) is 5.82 Å². The molecular weight excluding hydrogens is 276 g/mol. The Hall–Kier alpha value is -1.89. The van der Waals surface area contributed by atoms with Gasteiger partial charge in [0, 0.05) is 10.5 Å². The van der Waals surface area contributed by atoms with Gasteiger partial charge in [0.1, 0.15) is 0 Å². The fraction of sp³-hybridized carbons (Fsp3) is 0.385. The zero-order valence-electron chi connectivity index (χ0n) is 11.4. The first-order valence-electron chi connectivity index (χ1n) is 6.30. The number of benzene rings is 1. The van der Waals surface area contributed by atoms with Crippen LogP contribution in [0.3, 0.4) is 0 Å². The van der Waals surface area contributed by atoms with Crippen molar-refractivity contribution in [3.8, 4) is 11.4 Å². The van der Waals surface area contributed by atoms with Crippen LogP contribution >= 0.6 is 11.8 Å². The number of aliphatic carboxylic acids is 1. The summed E-state index contributed by atoms with van der Waals surface area (Å²) in [6, 6.07) is 7.58. The highest BCUT2D eigenvalue weighted by molar-refractivity contribution is 7.98. The van der Waals surface area contributed by atoms with Gasteiger partial charge in [-0.25, -0.2) is 4.68 Å². The van der Waals surface area contributed by atoms with Crippen LogP contribution in [-0.2, 0) is 4.79 Å². The summed E-state index contributed by atoms with van der Waals surface area (Å²) in [7, 11) is 0. The maximum Gasteiger partial charge on any atom is 0.305 e. The van der Waals surface area contributed by atoms with E-state index >= 15 is 0 Å². The highest BCUT2D eigenvalue weighted by Crippen LogP contribution is 2.30. The van der Waals surface area contributed by atoms with E-state index in [1.165, 1.54) is 0 Å². The molecule has 1 heterocycles. The van der Waals surface area contributed by atoms with E-state index in [2.05, 4.69) is 15.5 Å². The normalized spacial score (nSPS) is 12.3. The Labute approximate surface area is 121 Å². The second kappa shape index (κ2) is 6.51. The lowest BCUT2D eigenvalue weighted by molar-refractivity contribution is -0.138. The molecule has 6 nitrogen and oxygen atoms in total. The van der Waals surface area contributed by atoms with Crippen LogP contribution in [0.2, 0.25) is 0 Å². The first-order valence-corrected chi connectivity index (χ1v) is 7.52. The van der Waals surface area contributed by atoms with Crippen molar-refractivity contribution in [1.82, 2.24) is 20.2 Å². The van der Waals surface area contributed by atoms with E-state index in [-0.39, 0.29) is 12.5 Å². The van der Waals surface area contributed by atoms with Crippen molar-refractivity contribution in [1.29, 1.82) is 0 Å². The van der Waals surface area contributed by atoms with Crippen LogP contribution < -0.4 is 0 Å². The topological polar surface area (TPSA) is 80.9 Å². The maximum absolute atomic E-state index is 10.9. The van der Waals surface area contributed by atoms with Crippen molar-refractivity contribution >= 4 is 17.7 Å². The second-order valence-electron chi connectivity index (χ2n) is 4.31. The van der Waals surface area contributed by atoms with E-state index in [0.29, 0.717) is 12.2 Å². The number of aromatic nitrogens is 4. The molecule has 1 atom stereocenters. The summed E-state index contributed by atoms with van der Waals surface area (Å²) >= 11 is 1.61. The van der Waals surface area contributed by atoms with E-state index in [1.807, 2.05) is 37.4 Å².